The van der Waals surface area contributed by atoms with Crippen LogP contribution in [0.4, 0.5) is 0 Å². The van der Waals surface area contributed by atoms with Crippen molar-refractivity contribution in [2.75, 3.05) is 6.54 Å². The summed E-state index contributed by atoms with van der Waals surface area (Å²) in [5.41, 5.74) is 2.86. The highest BCUT2D eigenvalue weighted by atomic mass is 16.3. The van der Waals surface area contributed by atoms with Crippen molar-refractivity contribution in [2.24, 2.45) is 0 Å². The predicted molar refractivity (Wildman–Crippen MR) is 75.9 cm³/mol. The lowest BCUT2D eigenvalue weighted by Crippen LogP contribution is -2.15. The lowest BCUT2D eigenvalue weighted by atomic mass is 10.2. The normalized spacial score (nSPS) is 10.6. The zero-order valence-corrected chi connectivity index (χ0v) is 11.3. The van der Waals surface area contributed by atoms with Crippen LogP contribution in [-0.2, 0) is 6.54 Å². The number of aromatic hydroxyl groups is 1. The zero-order chi connectivity index (χ0) is 13.7. The summed E-state index contributed by atoms with van der Waals surface area (Å²) in [5.74, 6) is 0.953. The number of aromatic nitrogens is 2. The summed E-state index contributed by atoms with van der Waals surface area (Å²) in [6.07, 6.45) is 1.11. The Bertz CT molecular complexity index is 538. The van der Waals surface area contributed by atoms with E-state index >= 15 is 0 Å². The van der Waals surface area contributed by atoms with Gasteiger partial charge in [0.25, 0.3) is 0 Å². The summed E-state index contributed by atoms with van der Waals surface area (Å²) in [6.45, 7) is 5.84. The van der Waals surface area contributed by atoms with Gasteiger partial charge >= 0.3 is 0 Å². The van der Waals surface area contributed by atoms with E-state index in [1.165, 1.54) is 0 Å². The van der Waals surface area contributed by atoms with Gasteiger partial charge in [0.15, 0.2) is 5.82 Å². The molecule has 100 valence electrons. The van der Waals surface area contributed by atoms with Crippen molar-refractivity contribution in [1.29, 1.82) is 0 Å². The number of hydrogen-bond acceptors (Lipinski definition) is 4. The lowest BCUT2D eigenvalue weighted by molar-refractivity contribution is 0.475. The minimum Gasteiger partial charge on any atom is -0.508 e. The van der Waals surface area contributed by atoms with Crippen LogP contribution in [0.3, 0.4) is 0 Å². The molecule has 0 atom stereocenters. The van der Waals surface area contributed by atoms with Gasteiger partial charge in [0.2, 0.25) is 0 Å². The van der Waals surface area contributed by atoms with Crippen molar-refractivity contribution in [3.8, 4) is 17.1 Å². The maximum atomic E-state index is 9.31. The van der Waals surface area contributed by atoms with Gasteiger partial charge < -0.3 is 10.4 Å². The van der Waals surface area contributed by atoms with Gasteiger partial charge in [-0.3, -0.25) is 0 Å². The number of hydrogen-bond donors (Lipinski definition) is 2. The Morgan fingerprint density at radius 2 is 1.89 bits per heavy atom. The topological polar surface area (TPSA) is 58.0 Å². The lowest BCUT2D eigenvalue weighted by Gasteiger charge is -2.07. The predicted octanol–water partition coefficient (Wildman–Crippen LogP) is 2.66. The average Bonchev–Trinajstić information content (AvgIpc) is 2.39. The molecule has 0 aliphatic heterocycles. The molecule has 2 N–H and O–H groups in total. The Kier molecular flexibility index (Phi) is 4.47. The molecule has 0 amide bonds. The van der Waals surface area contributed by atoms with Crippen LogP contribution < -0.4 is 5.32 Å². The summed E-state index contributed by atoms with van der Waals surface area (Å²) in [7, 11) is 0. The van der Waals surface area contributed by atoms with E-state index in [-0.39, 0.29) is 5.75 Å². The maximum absolute atomic E-state index is 9.31. The second-order valence-corrected chi connectivity index (χ2v) is 4.55. The first-order chi connectivity index (χ1) is 9.19. The zero-order valence-electron chi connectivity index (χ0n) is 11.3. The fourth-order valence-electron chi connectivity index (χ4n) is 1.86. The molecule has 0 bridgehead atoms. The standard InChI is InChI=1S/C15H19N3O/c1-3-8-16-10-13-9-11(2)17-15(18-13)12-4-6-14(19)7-5-12/h4-7,9,16,19H,3,8,10H2,1-2H3. The molecule has 0 aliphatic rings. The van der Waals surface area contributed by atoms with Crippen LogP contribution in [-0.4, -0.2) is 21.6 Å². The quantitative estimate of drug-likeness (QED) is 0.808. The number of benzene rings is 1. The van der Waals surface area contributed by atoms with Gasteiger partial charge in [-0.1, -0.05) is 6.92 Å². The van der Waals surface area contributed by atoms with Gasteiger partial charge in [-0.2, -0.15) is 0 Å². The van der Waals surface area contributed by atoms with Gasteiger partial charge in [0.05, 0.1) is 5.69 Å². The second kappa shape index (κ2) is 6.29. The molecule has 0 unspecified atom stereocenters. The Morgan fingerprint density at radius 3 is 2.58 bits per heavy atom. The first-order valence-electron chi connectivity index (χ1n) is 6.53. The van der Waals surface area contributed by atoms with Crippen molar-refractivity contribution < 1.29 is 5.11 Å². The van der Waals surface area contributed by atoms with Crippen molar-refractivity contribution in [3.05, 3.63) is 41.7 Å². The molecule has 4 nitrogen and oxygen atoms in total. The van der Waals surface area contributed by atoms with Gasteiger partial charge in [-0.15, -0.1) is 0 Å². The monoisotopic (exact) mass is 257 g/mol. The van der Waals surface area contributed by atoms with E-state index in [4.69, 9.17) is 0 Å². The molecule has 0 radical (unpaired) electrons. The summed E-state index contributed by atoms with van der Waals surface area (Å²) < 4.78 is 0. The molecule has 0 aliphatic carbocycles. The Balaban J connectivity index is 2.23. The smallest absolute Gasteiger partial charge is 0.159 e. The summed E-state index contributed by atoms with van der Waals surface area (Å²) in [4.78, 5) is 8.99. The fourth-order valence-corrected chi connectivity index (χ4v) is 1.86. The summed E-state index contributed by atoms with van der Waals surface area (Å²) in [6, 6.07) is 8.94. The highest BCUT2D eigenvalue weighted by molar-refractivity contribution is 5.56. The van der Waals surface area contributed by atoms with Crippen LogP contribution >= 0.6 is 0 Å². The number of aryl methyl sites for hydroxylation is 1. The molecule has 0 saturated heterocycles. The minimum absolute atomic E-state index is 0.251. The van der Waals surface area contributed by atoms with E-state index < -0.39 is 0 Å². The molecular formula is C15H19N3O. The number of nitrogens with one attached hydrogen (secondary N) is 1. The third-order valence-electron chi connectivity index (χ3n) is 2.77. The van der Waals surface area contributed by atoms with Crippen LogP contribution in [0.2, 0.25) is 0 Å². The Labute approximate surface area is 113 Å². The molecule has 0 fully saturated rings. The highest BCUT2D eigenvalue weighted by Crippen LogP contribution is 2.19. The first kappa shape index (κ1) is 13.5. The van der Waals surface area contributed by atoms with Gasteiger partial charge in [0.1, 0.15) is 5.75 Å². The van der Waals surface area contributed by atoms with Crippen LogP contribution in [0.1, 0.15) is 24.7 Å². The molecular weight excluding hydrogens is 238 g/mol. The van der Waals surface area contributed by atoms with E-state index in [0.29, 0.717) is 5.82 Å². The van der Waals surface area contributed by atoms with Crippen molar-refractivity contribution >= 4 is 0 Å². The Hall–Kier alpha value is -1.94. The molecule has 19 heavy (non-hydrogen) atoms. The van der Waals surface area contributed by atoms with Crippen molar-refractivity contribution in [3.63, 3.8) is 0 Å². The van der Waals surface area contributed by atoms with E-state index in [0.717, 1.165) is 36.5 Å². The van der Waals surface area contributed by atoms with E-state index in [1.54, 1.807) is 12.1 Å². The van der Waals surface area contributed by atoms with Crippen molar-refractivity contribution in [2.45, 2.75) is 26.8 Å². The molecule has 2 aromatic rings. The molecule has 4 heteroatoms. The van der Waals surface area contributed by atoms with Gasteiger partial charge in [-0.05, 0) is 50.2 Å². The van der Waals surface area contributed by atoms with Gasteiger partial charge in [-0.25, -0.2) is 9.97 Å². The number of nitrogens with zero attached hydrogens (tertiary/aromatic N) is 2. The largest absolute Gasteiger partial charge is 0.508 e. The Morgan fingerprint density at radius 1 is 1.16 bits per heavy atom. The third kappa shape index (κ3) is 3.76. The molecule has 0 saturated carbocycles. The number of phenolic OH excluding ortho intramolecular Hbond substituents is 1. The SMILES string of the molecule is CCCNCc1cc(C)nc(-c2ccc(O)cc2)n1. The van der Waals surface area contributed by atoms with E-state index in [1.807, 2.05) is 25.1 Å². The fraction of sp³-hybridized carbons (Fsp3) is 0.333. The molecule has 1 aromatic carbocycles. The maximum Gasteiger partial charge on any atom is 0.159 e. The second-order valence-electron chi connectivity index (χ2n) is 4.55. The van der Waals surface area contributed by atoms with Crippen LogP contribution in [0.15, 0.2) is 30.3 Å². The average molecular weight is 257 g/mol. The first-order valence-corrected chi connectivity index (χ1v) is 6.53. The van der Waals surface area contributed by atoms with E-state index in [9.17, 15) is 5.11 Å². The number of phenols is 1. The third-order valence-corrected chi connectivity index (χ3v) is 2.77. The van der Waals surface area contributed by atoms with Crippen LogP contribution in [0, 0.1) is 6.92 Å². The molecule has 2 rings (SSSR count). The van der Waals surface area contributed by atoms with Crippen molar-refractivity contribution in [1.82, 2.24) is 15.3 Å². The molecule has 1 aromatic heterocycles. The molecule has 1 heterocycles. The summed E-state index contributed by atoms with van der Waals surface area (Å²) >= 11 is 0. The summed E-state index contributed by atoms with van der Waals surface area (Å²) in [5, 5.41) is 12.6. The van der Waals surface area contributed by atoms with Gasteiger partial charge in [0, 0.05) is 17.8 Å². The van der Waals surface area contributed by atoms with E-state index in [2.05, 4.69) is 22.2 Å². The molecule has 0 spiro atoms. The van der Waals surface area contributed by atoms with Crippen LogP contribution in [0.5, 0.6) is 5.75 Å². The van der Waals surface area contributed by atoms with Crippen LogP contribution in [0.25, 0.3) is 11.4 Å². The number of rotatable bonds is 5. The minimum atomic E-state index is 0.251. The highest BCUT2D eigenvalue weighted by Gasteiger charge is 2.05.